The van der Waals surface area contributed by atoms with Crippen LogP contribution in [-0.2, 0) is 11.0 Å². The number of carbonyl (C=O) groups excluding carboxylic acids is 2. The first-order chi connectivity index (χ1) is 15.2. The lowest BCUT2D eigenvalue weighted by Crippen LogP contribution is -2.55. The number of alkyl halides is 3. The first-order valence-corrected chi connectivity index (χ1v) is 10.9. The number of nitrogens with one attached hydrogen (secondary N) is 1. The van der Waals surface area contributed by atoms with E-state index in [4.69, 9.17) is 5.73 Å². The molecule has 2 bridgehead atoms. The molecule has 2 unspecified atom stereocenters. The normalized spacial score (nSPS) is 28.3. The van der Waals surface area contributed by atoms with Crippen molar-refractivity contribution < 1.29 is 22.8 Å². The Morgan fingerprint density at radius 3 is 2.31 bits per heavy atom. The van der Waals surface area contributed by atoms with Crippen molar-refractivity contribution in [1.29, 1.82) is 5.26 Å². The quantitative estimate of drug-likeness (QED) is 0.739. The number of piperidine rings is 1. The van der Waals surface area contributed by atoms with Crippen molar-refractivity contribution in [3.8, 4) is 6.07 Å². The SMILES string of the molecule is N#C[C@@H]1CCCN1C(=O)[C@@H](N)C1CC2CCC(C1)N2C(=O)Nc1ccc(C(F)(F)F)cc1. The summed E-state index contributed by atoms with van der Waals surface area (Å²) in [7, 11) is 0. The number of rotatable bonds is 3. The van der Waals surface area contributed by atoms with Crippen LogP contribution in [0.5, 0.6) is 0 Å². The standard InChI is InChI=1S/C22H26F3N5O2/c23-22(24,25)14-3-5-15(6-4-14)28-21(32)30-16-7-8-17(30)11-13(10-16)19(27)20(31)29-9-1-2-18(29)12-26/h3-6,13,16-19H,1-2,7-11,27H2,(H,28,32)/t13?,16?,17?,18-,19-/m0/s1. The number of hydrogen-bond acceptors (Lipinski definition) is 4. The lowest BCUT2D eigenvalue weighted by atomic mass is 9.84. The summed E-state index contributed by atoms with van der Waals surface area (Å²) in [6, 6.07) is 4.92. The Morgan fingerprint density at radius 1 is 1.12 bits per heavy atom. The number of nitrogens with two attached hydrogens (primary N) is 1. The van der Waals surface area contributed by atoms with E-state index in [1.165, 1.54) is 12.1 Å². The van der Waals surface area contributed by atoms with Gasteiger partial charge in [-0.2, -0.15) is 18.4 Å². The van der Waals surface area contributed by atoms with Crippen LogP contribution in [0.15, 0.2) is 24.3 Å². The van der Waals surface area contributed by atoms with Gasteiger partial charge in [0.1, 0.15) is 6.04 Å². The summed E-state index contributed by atoms with van der Waals surface area (Å²) in [6.07, 6.45) is -0.181. The molecule has 7 nitrogen and oxygen atoms in total. The number of amides is 3. The van der Waals surface area contributed by atoms with Crippen LogP contribution in [0, 0.1) is 17.2 Å². The first-order valence-electron chi connectivity index (χ1n) is 10.9. The zero-order chi connectivity index (χ0) is 23.0. The fourth-order valence-corrected chi connectivity index (χ4v) is 5.33. The van der Waals surface area contributed by atoms with E-state index in [9.17, 15) is 28.0 Å². The molecule has 3 aliphatic heterocycles. The van der Waals surface area contributed by atoms with Gasteiger partial charge in [-0.25, -0.2) is 4.79 Å². The molecule has 0 spiro atoms. The van der Waals surface area contributed by atoms with Gasteiger partial charge in [-0.1, -0.05) is 0 Å². The van der Waals surface area contributed by atoms with Gasteiger partial charge in [-0.15, -0.1) is 0 Å². The van der Waals surface area contributed by atoms with E-state index in [2.05, 4.69) is 11.4 Å². The highest BCUT2D eigenvalue weighted by molar-refractivity contribution is 5.90. The average Bonchev–Trinajstić information content (AvgIpc) is 3.34. The second-order valence-corrected chi connectivity index (χ2v) is 8.87. The summed E-state index contributed by atoms with van der Waals surface area (Å²) in [5.41, 5.74) is 5.85. The highest BCUT2D eigenvalue weighted by Gasteiger charge is 2.47. The molecule has 3 heterocycles. The van der Waals surface area contributed by atoms with E-state index >= 15 is 0 Å². The van der Waals surface area contributed by atoms with E-state index in [-0.39, 0.29) is 29.9 Å². The van der Waals surface area contributed by atoms with Gasteiger partial charge in [-0.05, 0) is 68.7 Å². The van der Waals surface area contributed by atoms with Gasteiger partial charge in [0.25, 0.3) is 0 Å². The Hall–Kier alpha value is -2.80. The molecular weight excluding hydrogens is 423 g/mol. The molecule has 10 heteroatoms. The molecule has 1 aromatic carbocycles. The third-order valence-corrected chi connectivity index (χ3v) is 6.95. The van der Waals surface area contributed by atoms with Crippen molar-refractivity contribution in [1.82, 2.24) is 9.80 Å². The molecule has 3 amide bonds. The Bertz CT molecular complexity index is 900. The van der Waals surface area contributed by atoms with Crippen molar-refractivity contribution in [2.45, 2.75) is 68.9 Å². The number of benzene rings is 1. The van der Waals surface area contributed by atoms with E-state index < -0.39 is 23.8 Å². The van der Waals surface area contributed by atoms with Crippen molar-refractivity contribution >= 4 is 17.6 Å². The van der Waals surface area contributed by atoms with E-state index in [1.54, 1.807) is 9.80 Å². The van der Waals surface area contributed by atoms with Crippen LogP contribution in [0.1, 0.15) is 44.1 Å². The summed E-state index contributed by atoms with van der Waals surface area (Å²) >= 11 is 0. The number of halogens is 3. The number of hydrogen-bond donors (Lipinski definition) is 2. The van der Waals surface area contributed by atoms with Crippen molar-refractivity contribution in [2.24, 2.45) is 11.7 Å². The molecule has 0 aliphatic carbocycles. The molecule has 4 atom stereocenters. The summed E-state index contributed by atoms with van der Waals surface area (Å²) < 4.78 is 38.2. The Morgan fingerprint density at radius 2 is 1.75 bits per heavy atom. The van der Waals surface area contributed by atoms with E-state index in [0.717, 1.165) is 31.4 Å². The third-order valence-electron chi connectivity index (χ3n) is 6.95. The highest BCUT2D eigenvalue weighted by Crippen LogP contribution is 2.40. The van der Waals surface area contributed by atoms with Gasteiger partial charge in [0.15, 0.2) is 0 Å². The molecule has 4 rings (SSSR count). The third kappa shape index (κ3) is 4.26. The van der Waals surface area contributed by atoms with Gasteiger partial charge >= 0.3 is 12.2 Å². The predicted molar refractivity (Wildman–Crippen MR) is 110 cm³/mol. The molecule has 1 aromatic rings. The second kappa shape index (κ2) is 8.62. The molecule has 32 heavy (non-hydrogen) atoms. The number of carbonyl (C=O) groups is 2. The molecule has 3 saturated heterocycles. The molecular formula is C22H26F3N5O2. The second-order valence-electron chi connectivity index (χ2n) is 8.87. The zero-order valence-corrected chi connectivity index (χ0v) is 17.5. The largest absolute Gasteiger partial charge is 0.416 e. The smallest absolute Gasteiger partial charge is 0.325 e. The van der Waals surface area contributed by atoms with Gasteiger partial charge in [0, 0.05) is 24.3 Å². The predicted octanol–water partition coefficient (Wildman–Crippen LogP) is 3.32. The lowest BCUT2D eigenvalue weighted by molar-refractivity contribution is -0.137. The summed E-state index contributed by atoms with van der Waals surface area (Å²) in [4.78, 5) is 29.1. The topological polar surface area (TPSA) is 102 Å². The van der Waals surface area contributed by atoms with Crippen LogP contribution in [0.4, 0.5) is 23.7 Å². The van der Waals surface area contributed by atoms with Crippen LogP contribution in [0.3, 0.4) is 0 Å². The van der Waals surface area contributed by atoms with E-state index in [0.29, 0.717) is 31.5 Å². The molecule has 3 fully saturated rings. The summed E-state index contributed by atoms with van der Waals surface area (Å²) in [6.45, 7) is 0.548. The minimum absolute atomic E-state index is 0.0719. The maximum Gasteiger partial charge on any atom is 0.416 e. The van der Waals surface area contributed by atoms with Gasteiger partial charge in [0.2, 0.25) is 5.91 Å². The molecule has 0 aromatic heterocycles. The van der Waals surface area contributed by atoms with Crippen LogP contribution >= 0.6 is 0 Å². The number of nitrogens with zero attached hydrogens (tertiary/aromatic N) is 3. The Kier molecular flexibility index (Phi) is 6.03. The number of anilines is 1. The van der Waals surface area contributed by atoms with Crippen molar-refractivity contribution in [3.05, 3.63) is 29.8 Å². The highest BCUT2D eigenvalue weighted by atomic mass is 19.4. The minimum Gasteiger partial charge on any atom is -0.325 e. The average molecular weight is 449 g/mol. The summed E-state index contributed by atoms with van der Waals surface area (Å²) in [5.74, 6) is -0.267. The molecule has 172 valence electrons. The van der Waals surface area contributed by atoms with Crippen LogP contribution < -0.4 is 11.1 Å². The number of urea groups is 1. The Balaban J connectivity index is 1.38. The van der Waals surface area contributed by atoms with Crippen molar-refractivity contribution in [3.63, 3.8) is 0 Å². The van der Waals surface area contributed by atoms with Gasteiger partial charge < -0.3 is 20.9 Å². The van der Waals surface area contributed by atoms with Gasteiger partial charge in [-0.3, -0.25) is 4.79 Å². The van der Waals surface area contributed by atoms with Gasteiger partial charge in [0.05, 0.1) is 17.7 Å². The first kappa shape index (κ1) is 22.4. The number of likely N-dealkylation sites (tertiary alicyclic amines) is 1. The maximum absolute atomic E-state index is 12.9. The van der Waals surface area contributed by atoms with E-state index in [1.807, 2.05) is 0 Å². The number of nitriles is 1. The molecule has 3 N–H and O–H groups in total. The Labute approximate surface area is 184 Å². The lowest BCUT2D eigenvalue weighted by Gasteiger charge is -2.41. The fraction of sp³-hybridized carbons (Fsp3) is 0.591. The number of fused-ring (bicyclic) bond motifs is 2. The molecule has 3 aliphatic rings. The van der Waals surface area contributed by atoms with Crippen LogP contribution in [-0.4, -0.2) is 52.5 Å². The minimum atomic E-state index is -4.43. The van der Waals surface area contributed by atoms with Crippen LogP contribution in [0.25, 0.3) is 0 Å². The van der Waals surface area contributed by atoms with Crippen LogP contribution in [0.2, 0.25) is 0 Å². The molecule has 0 saturated carbocycles. The van der Waals surface area contributed by atoms with Crippen molar-refractivity contribution in [2.75, 3.05) is 11.9 Å². The fourth-order valence-electron chi connectivity index (χ4n) is 5.33. The summed E-state index contributed by atoms with van der Waals surface area (Å²) in [5, 5.41) is 11.9. The maximum atomic E-state index is 12.9. The monoisotopic (exact) mass is 449 g/mol. The zero-order valence-electron chi connectivity index (χ0n) is 17.5. The molecule has 0 radical (unpaired) electrons.